The van der Waals surface area contributed by atoms with Crippen molar-refractivity contribution in [3.8, 4) is 17.2 Å². The predicted octanol–water partition coefficient (Wildman–Crippen LogP) is 3.54. The molecule has 0 amide bonds. The topological polar surface area (TPSA) is 64.1 Å². The number of hydrogen-bond donors (Lipinski definition) is 2. The lowest BCUT2D eigenvalue weighted by atomic mass is 10.1. The molecule has 1 aliphatic rings. The first-order valence-corrected chi connectivity index (χ1v) is 8.51. The van der Waals surface area contributed by atoms with Gasteiger partial charge in [0.05, 0.1) is 0 Å². The van der Waals surface area contributed by atoms with Crippen LogP contribution in [0.4, 0.5) is 8.78 Å². The smallest absolute Gasteiger partial charge is 0.387 e. The first-order chi connectivity index (χ1) is 13.1. The summed E-state index contributed by atoms with van der Waals surface area (Å²) in [5.41, 5.74) is 1.94. The molecule has 0 bridgehead atoms. The van der Waals surface area contributed by atoms with Gasteiger partial charge in [-0.3, -0.25) is 4.99 Å². The zero-order chi connectivity index (χ0) is 19.1. The summed E-state index contributed by atoms with van der Waals surface area (Å²) in [6.45, 7) is -1.46. The molecular formula is C19H22F2IN3O3. The normalized spacial score (nSPS) is 12.5. The van der Waals surface area contributed by atoms with Crippen LogP contribution in [0.1, 0.15) is 11.1 Å². The number of fused-ring (bicyclic) bond motifs is 1. The average molecular weight is 505 g/mol. The zero-order valence-corrected chi connectivity index (χ0v) is 17.6. The minimum Gasteiger partial charge on any atom is -0.454 e. The maximum absolute atomic E-state index is 12.3. The van der Waals surface area contributed by atoms with Crippen LogP contribution in [0, 0.1) is 0 Å². The van der Waals surface area contributed by atoms with Crippen LogP contribution >= 0.6 is 24.0 Å². The van der Waals surface area contributed by atoms with Crippen molar-refractivity contribution in [3.63, 3.8) is 0 Å². The summed E-state index contributed by atoms with van der Waals surface area (Å²) in [5.74, 6) is 2.29. The fourth-order valence-corrected chi connectivity index (χ4v) is 2.66. The largest absolute Gasteiger partial charge is 0.454 e. The summed E-state index contributed by atoms with van der Waals surface area (Å²) in [5, 5.41) is 6.36. The molecule has 152 valence electrons. The lowest BCUT2D eigenvalue weighted by Gasteiger charge is -2.13. The van der Waals surface area contributed by atoms with Gasteiger partial charge in [0.25, 0.3) is 0 Å². The second kappa shape index (κ2) is 10.9. The molecule has 0 saturated carbocycles. The molecule has 2 aromatic rings. The lowest BCUT2D eigenvalue weighted by molar-refractivity contribution is -0.0498. The average Bonchev–Trinajstić information content (AvgIpc) is 3.12. The Morgan fingerprint density at radius 3 is 2.71 bits per heavy atom. The number of ether oxygens (including phenoxy) is 3. The van der Waals surface area contributed by atoms with E-state index in [9.17, 15) is 8.78 Å². The Labute approximate surface area is 179 Å². The highest BCUT2D eigenvalue weighted by Gasteiger charge is 2.13. The van der Waals surface area contributed by atoms with E-state index < -0.39 is 6.61 Å². The van der Waals surface area contributed by atoms with Crippen LogP contribution in [0.2, 0.25) is 0 Å². The van der Waals surface area contributed by atoms with E-state index in [4.69, 9.17) is 9.47 Å². The summed E-state index contributed by atoms with van der Waals surface area (Å²) >= 11 is 0. The van der Waals surface area contributed by atoms with Crippen molar-refractivity contribution in [1.82, 2.24) is 10.6 Å². The van der Waals surface area contributed by atoms with Crippen LogP contribution in [0.5, 0.6) is 17.2 Å². The zero-order valence-electron chi connectivity index (χ0n) is 15.3. The summed E-state index contributed by atoms with van der Waals surface area (Å²) in [4.78, 5) is 4.16. The van der Waals surface area contributed by atoms with E-state index in [0.717, 1.165) is 29.0 Å². The second-order valence-corrected chi connectivity index (χ2v) is 5.82. The van der Waals surface area contributed by atoms with Gasteiger partial charge in [-0.2, -0.15) is 8.78 Å². The molecule has 0 unspecified atom stereocenters. The van der Waals surface area contributed by atoms with Gasteiger partial charge in [-0.15, -0.1) is 24.0 Å². The Balaban J connectivity index is 0.00000280. The van der Waals surface area contributed by atoms with E-state index in [1.54, 1.807) is 19.2 Å². The number of nitrogens with one attached hydrogen (secondary N) is 2. The number of halogens is 3. The Morgan fingerprint density at radius 2 is 1.93 bits per heavy atom. The summed E-state index contributed by atoms with van der Waals surface area (Å²) in [6, 6.07) is 12.4. The quantitative estimate of drug-likeness (QED) is 0.343. The van der Waals surface area contributed by atoms with Crippen molar-refractivity contribution < 1.29 is 23.0 Å². The molecule has 0 spiro atoms. The number of aliphatic imine (C=N–C) groups is 1. The third kappa shape index (κ3) is 6.39. The number of guanidine groups is 1. The summed E-state index contributed by atoms with van der Waals surface area (Å²) in [6.07, 6.45) is 0.787. The van der Waals surface area contributed by atoms with Crippen LogP contribution in [-0.2, 0) is 13.0 Å². The molecule has 0 aliphatic carbocycles. The van der Waals surface area contributed by atoms with Gasteiger partial charge in [-0.25, -0.2) is 0 Å². The molecule has 2 aromatic carbocycles. The van der Waals surface area contributed by atoms with Crippen LogP contribution < -0.4 is 24.8 Å². The molecule has 0 aromatic heterocycles. The van der Waals surface area contributed by atoms with E-state index in [1.807, 2.05) is 24.3 Å². The van der Waals surface area contributed by atoms with Gasteiger partial charge in [0, 0.05) is 20.1 Å². The van der Waals surface area contributed by atoms with E-state index in [-0.39, 0.29) is 36.5 Å². The van der Waals surface area contributed by atoms with Gasteiger partial charge >= 0.3 is 6.61 Å². The van der Waals surface area contributed by atoms with Gasteiger partial charge in [-0.05, 0) is 41.8 Å². The summed E-state index contributed by atoms with van der Waals surface area (Å²) < 4.78 is 39.7. The minimum atomic E-state index is -2.83. The molecule has 1 heterocycles. The van der Waals surface area contributed by atoms with E-state index >= 15 is 0 Å². The highest BCUT2D eigenvalue weighted by atomic mass is 127. The van der Waals surface area contributed by atoms with Crippen molar-refractivity contribution in [3.05, 3.63) is 53.6 Å². The Hall–Kier alpha value is -2.30. The molecule has 3 rings (SSSR count). The Bertz CT molecular complexity index is 806. The number of rotatable bonds is 7. The minimum absolute atomic E-state index is 0. The molecule has 1 aliphatic heterocycles. The molecule has 28 heavy (non-hydrogen) atoms. The maximum atomic E-state index is 12.3. The third-order valence-electron chi connectivity index (χ3n) is 3.95. The fraction of sp³-hybridized carbons (Fsp3) is 0.316. The third-order valence-corrected chi connectivity index (χ3v) is 3.95. The first kappa shape index (κ1) is 22.0. The lowest BCUT2D eigenvalue weighted by Crippen LogP contribution is -2.37. The van der Waals surface area contributed by atoms with Crippen molar-refractivity contribution in [2.75, 3.05) is 20.4 Å². The van der Waals surface area contributed by atoms with Crippen LogP contribution in [0.25, 0.3) is 0 Å². The van der Waals surface area contributed by atoms with Crippen LogP contribution in [-0.4, -0.2) is 33.0 Å². The Kier molecular flexibility index (Phi) is 8.55. The highest BCUT2D eigenvalue weighted by Crippen LogP contribution is 2.32. The van der Waals surface area contributed by atoms with Crippen molar-refractivity contribution in [2.24, 2.45) is 4.99 Å². The van der Waals surface area contributed by atoms with Gasteiger partial charge in [-0.1, -0.05) is 18.2 Å². The number of benzene rings is 2. The molecule has 0 saturated heterocycles. The van der Waals surface area contributed by atoms with E-state index in [0.29, 0.717) is 19.0 Å². The van der Waals surface area contributed by atoms with Crippen LogP contribution in [0.15, 0.2) is 47.5 Å². The maximum Gasteiger partial charge on any atom is 0.387 e. The van der Waals surface area contributed by atoms with E-state index in [2.05, 4.69) is 20.4 Å². The first-order valence-electron chi connectivity index (χ1n) is 8.51. The van der Waals surface area contributed by atoms with Crippen LogP contribution in [0.3, 0.4) is 0 Å². The van der Waals surface area contributed by atoms with E-state index in [1.165, 1.54) is 6.07 Å². The number of alkyl halides is 2. The number of hydrogen-bond acceptors (Lipinski definition) is 4. The van der Waals surface area contributed by atoms with Gasteiger partial charge < -0.3 is 24.8 Å². The van der Waals surface area contributed by atoms with Gasteiger partial charge in [0.1, 0.15) is 5.75 Å². The molecule has 0 fully saturated rings. The van der Waals surface area contributed by atoms with Crippen molar-refractivity contribution >= 4 is 29.9 Å². The summed E-state index contributed by atoms with van der Waals surface area (Å²) in [7, 11) is 1.67. The van der Waals surface area contributed by atoms with Gasteiger partial charge in [0.15, 0.2) is 17.5 Å². The number of nitrogens with zero attached hydrogens (tertiary/aromatic N) is 1. The molecule has 6 nitrogen and oxygen atoms in total. The molecule has 9 heteroatoms. The molecule has 2 N–H and O–H groups in total. The molecular weight excluding hydrogens is 483 g/mol. The standard InChI is InChI=1S/C19H21F2N3O3.HI/c1-22-19(24-11-14-3-2-4-15(9-14)27-18(20)21)23-8-7-13-5-6-16-17(10-13)26-12-25-16;/h2-6,9-10,18H,7-8,11-12H2,1H3,(H2,22,23,24);1H. The SMILES string of the molecule is CN=C(NCCc1ccc2c(c1)OCO2)NCc1cccc(OC(F)F)c1.I. The Morgan fingerprint density at radius 1 is 1.11 bits per heavy atom. The fourth-order valence-electron chi connectivity index (χ4n) is 2.66. The predicted molar refractivity (Wildman–Crippen MR) is 113 cm³/mol. The molecule has 0 atom stereocenters. The monoisotopic (exact) mass is 505 g/mol. The van der Waals surface area contributed by atoms with Crippen molar-refractivity contribution in [1.29, 1.82) is 0 Å². The highest BCUT2D eigenvalue weighted by molar-refractivity contribution is 14.0. The molecule has 0 radical (unpaired) electrons. The van der Waals surface area contributed by atoms with Gasteiger partial charge in [0.2, 0.25) is 6.79 Å². The second-order valence-electron chi connectivity index (χ2n) is 5.82. The van der Waals surface area contributed by atoms with Crippen molar-refractivity contribution in [2.45, 2.75) is 19.6 Å².